The topological polar surface area (TPSA) is 59.5 Å². The molecule has 4 aromatic rings. The molecule has 0 fully saturated rings. The van der Waals surface area contributed by atoms with E-state index in [1.54, 1.807) is 18.5 Å². The van der Waals surface area contributed by atoms with Crippen molar-refractivity contribution in [2.24, 2.45) is 0 Å². The lowest BCUT2D eigenvalue weighted by atomic mass is 10.1. The SMILES string of the molecule is O=c1c2cc(-c3cccc(Br)c3)nn2ccn1C[C@@H](O)c1ccc(F)cc1. The summed E-state index contributed by atoms with van der Waals surface area (Å²) in [5.41, 5.74) is 2.29. The fraction of sp³-hybridized carbons (Fsp3) is 0.100. The van der Waals surface area contributed by atoms with Gasteiger partial charge in [-0.1, -0.05) is 40.2 Å². The van der Waals surface area contributed by atoms with Gasteiger partial charge in [0.25, 0.3) is 5.56 Å². The Balaban J connectivity index is 1.68. The van der Waals surface area contributed by atoms with E-state index < -0.39 is 6.10 Å². The maximum absolute atomic E-state index is 13.0. The lowest BCUT2D eigenvalue weighted by Crippen LogP contribution is -2.24. The van der Waals surface area contributed by atoms with Gasteiger partial charge >= 0.3 is 0 Å². The summed E-state index contributed by atoms with van der Waals surface area (Å²) < 4.78 is 16.9. The van der Waals surface area contributed by atoms with E-state index in [1.807, 2.05) is 24.3 Å². The molecule has 0 bridgehead atoms. The van der Waals surface area contributed by atoms with Gasteiger partial charge in [-0.05, 0) is 35.9 Å². The van der Waals surface area contributed by atoms with Crippen molar-refractivity contribution in [1.29, 1.82) is 0 Å². The molecule has 1 N–H and O–H groups in total. The average Bonchev–Trinajstić information content (AvgIpc) is 3.10. The predicted octanol–water partition coefficient (Wildman–Crippen LogP) is 3.80. The summed E-state index contributed by atoms with van der Waals surface area (Å²) in [5, 5.41) is 14.8. The second-order valence-corrected chi connectivity index (χ2v) is 7.11. The molecule has 0 saturated carbocycles. The zero-order valence-electron chi connectivity index (χ0n) is 14.1. The standard InChI is InChI=1S/C20H15BrFN3O2/c21-15-3-1-2-14(10-15)17-11-18-20(27)24(8-9-25(18)23-17)12-19(26)13-4-6-16(22)7-5-13/h1-11,19,26H,12H2/t19-/m1/s1. The largest absolute Gasteiger partial charge is 0.387 e. The second-order valence-electron chi connectivity index (χ2n) is 6.19. The monoisotopic (exact) mass is 427 g/mol. The Morgan fingerprint density at radius 1 is 1.11 bits per heavy atom. The van der Waals surface area contributed by atoms with Crippen LogP contribution in [0.3, 0.4) is 0 Å². The van der Waals surface area contributed by atoms with Crippen LogP contribution in [0.4, 0.5) is 4.39 Å². The Morgan fingerprint density at radius 2 is 1.89 bits per heavy atom. The summed E-state index contributed by atoms with van der Waals surface area (Å²) in [5.74, 6) is -0.371. The molecule has 0 amide bonds. The number of benzene rings is 2. The Kier molecular flexibility index (Phi) is 4.63. The maximum atomic E-state index is 13.0. The van der Waals surface area contributed by atoms with Crippen molar-refractivity contribution in [2.75, 3.05) is 0 Å². The Bertz CT molecular complexity index is 1170. The fourth-order valence-corrected chi connectivity index (χ4v) is 3.33. The van der Waals surface area contributed by atoms with Crippen molar-refractivity contribution < 1.29 is 9.50 Å². The van der Waals surface area contributed by atoms with Gasteiger partial charge in [0.05, 0.1) is 18.3 Å². The van der Waals surface area contributed by atoms with Crippen LogP contribution in [0, 0.1) is 5.82 Å². The first-order chi connectivity index (χ1) is 13.0. The van der Waals surface area contributed by atoms with Crippen molar-refractivity contribution in [2.45, 2.75) is 12.6 Å². The molecule has 2 aromatic heterocycles. The van der Waals surface area contributed by atoms with Crippen molar-refractivity contribution >= 4 is 21.4 Å². The van der Waals surface area contributed by atoms with E-state index in [2.05, 4.69) is 21.0 Å². The maximum Gasteiger partial charge on any atom is 0.276 e. The molecule has 0 unspecified atom stereocenters. The first-order valence-electron chi connectivity index (χ1n) is 8.29. The minimum atomic E-state index is -0.918. The average molecular weight is 428 g/mol. The van der Waals surface area contributed by atoms with Crippen LogP contribution in [-0.2, 0) is 6.54 Å². The summed E-state index contributed by atoms with van der Waals surface area (Å²) >= 11 is 3.43. The number of aromatic nitrogens is 3. The Labute approximate surface area is 162 Å². The summed E-state index contributed by atoms with van der Waals surface area (Å²) in [7, 11) is 0. The number of rotatable bonds is 4. The van der Waals surface area contributed by atoms with Crippen LogP contribution in [0.5, 0.6) is 0 Å². The van der Waals surface area contributed by atoms with Gasteiger partial charge in [0.1, 0.15) is 11.3 Å². The third kappa shape index (κ3) is 3.56. The quantitative estimate of drug-likeness (QED) is 0.538. The second kappa shape index (κ2) is 7.09. The molecule has 1 atom stereocenters. The third-order valence-electron chi connectivity index (χ3n) is 4.35. The van der Waals surface area contributed by atoms with Crippen molar-refractivity contribution in [3.8, 4) is 11.3 Å². The molecule has 0 aliphatic rings. The third-order valence-corrected chi connectivity index (χ3v) is 4.84. The van der Waals surface area contributed by atoms with Crippen molar-refractivity contribution in [3.63, 3.8) is 0 Å². The molecular formula is C20H15BrFN3O2. The van der Waals surface area contributed by atoms with Crippen LogP contribution in [0.15, 0.2) is 76.3 Å². The fourth-order valence-electron chi connectivity index (χ4n) is 2.94. The smallest absolute Gasteiger partial charge is 0.276 e. The van der Waals surface area contributed by atoms with Crippen LogP contribution < -0.4 is 5.56 Å². The van der Waals surface area contributed by atoms with Crippen LogP contribution >= 0.6 is 15.9 Å². The van der Waals surface area contributed by atoms with E-state index in [-0.39, 0.29) is 17.9 Å². The molecule has 136 valence electrons. The summed E-state index contributed by atoms with van der Waals surface area (Å²) in [6.45, 7) is 0.0678. The summed E-state index contributed by atoms with van der Waals surface area (Å²) in [4.78, 5) is 12.8. The highest BCUT2D eigenvalue weighted by Gasteiger charge is 2.13. The lowest BCUT2D eigenvalue weighted by Gasteiger charge is -2.13. The van der Waals surface area contributed by atoms with Crippen LogP contribution in [0.1, 0.15) is 11.7 Å². The van der Waals surface area contributed by atoms with Gasteiger partial charge < -0.3 is 9.67 Å². The molecule has 0 saturated heterocycles. The zero-order chi connectivity index (χ0) is 19.0. The van der Waals surface area contributed by atoms with E-state index in [0.29, 0.717) is 16.8 Å². The Morgan fingerprint density at radius 3 is 2.63 bits per heavy atom. The molecule has 0 spiro atoms. The van der Waals surface area contributed by atoms with Gasteiger partial charge in [0, 0.05) is 22.4 Å². The first kappa shape index (κ1) is 17.6. The number of aliphatic hydroxyl groups is 1. The normalized spacial score (nSPS) is 12.4. The molecule has 2 aromatic carbocycles. The van der Waals surface area contributed by atoms with Gasteiger partial charge in [0.15, 0.2) is 0 Å². The van der Waals surface area contributed by atoms with Crippen LogP contribution in [0.2, 0.25) is 0 Å². The molecule has 2 heterocycles. The zero-order valence-corrected chi connectivity index (χ0v) is 15.7. The van der Waals surface area contributed by atoms with Gasteiger partial charge in [-0.3, -0.25) is 4.79 Å². The highest BCUT2D eigenvalue weighted by atomic mass is 79.9. The molecule has 0 radical (unpaired) electrons. The highest BCUT2D eigenvalue weighted by molar-refractivity contribution is 9.10. The molecule has 27 heavy (non-hydrogen) atoms. The van der Waals surface area contributed by atoms with Gasteiger partial charge in [-0.2, -0.15) is 5.10 Å². The van der Waals surface area contributed by atoms with E-state index in [0.717, 1.165) is 10.0 Å². The molecule has 0 aliphatic heterocycles. The lowest BCUT2D eigenvalue weighted by molar-refractivity contribution is 0.155. The minimum absolute atomic E-state index is 0.0678. The van der Waals surface area contributed by atoms with Crippen molar-refractivity contribution in [1.82, 2.24) is 14.2 Å². The van der Waals surface area contributed by atoms with Crippen LogP contribution in [-0.4, -0.2) is 19.3 Å². The summed E-state index contributed by atoms with van der Waals surface area (Å²) in [6.07, 6.45) is 2.34. The van der Waals surface area contributed by atoms with Gasteiger partial charge in [0.2, 0.25) is 0 Å². The Hall–Kier alpha value is -2.77. The van der Waals surface area contributed by atoms with E-state index in [9.17, 15) is 14.3 Å². The van der Waals surface area contributed by atoms with Crippen molar-refractivity contribution in [3.05, 3.63) is 93.2 Å². The van der Waals surface area contributed by atoms with E-state index >= 15 is 0 Å². The number of fused-ring (bicyclic) bond motifs is 1. The number of halogens is 2. The summed E-state index contributed by atoms with van der Waals surface area (Å²) in [6, 6.07) is 15.0. The van der Waals surface area contributed by atoms with Gasteiger partial charge in [-0.25, -0.2) is 8.91 Å². The molecule has 4 rings (SSSR count). The predicted molar refractivity (Wildman–Crippen MR) is 104 cm³/mol. The first-order valence-corrected chi connectivity index (χ1v) is 9.09. The molecular weight excluding hydrogens is 413 g/mol. The van der Waals surface area contributed by atoms with Gasteiger partial charge in [-0.15, -0.1) is 0 Å². The van der Waals surface area contributed by atoms with E-state index in [1.165, 1.54) is 33.3 Å². The number of hydrogen-bond donors (Lipinski definition) is 1. The highest BCUT2D eigenvalue weighted by Crippen LogP contribution is 2.22. The number of aliphatic hydroxyl groups excluding tert-OH is 1. The van der Waals surface area contributed by atoms with Crippen LogP contribution in [0.25, 0.3) is 16.8 Å². The number of nitrogens with zero attached hydrogens (tertiary/aromatic N) is 3. The molecule has 7 heteroatoms. The molecule has 5 nitrogen and oxygen atoms in total. The molecule has 0 aliphatic carbocycles. The number of hydrogen-bond acceptors (Lipinski definition) is 3. The van der Waals surface area contributed by atoms with E-state index in [4.69, 9.17) is 0 Å². The minimum Gasteiger partial charge on any atom is -0.387 e.